The maximum absolute atomic E-state index is 5.74. The van der Waals surface area contributed by atoms with Crippen LogP contribution in [0.4, 0.5) is 0 Å². The third kappa shape index (κ3) is 4.63. The van der Waals surface area contributed by atoms with Crippen LogP contribution in [0.3, 0.4) is 0 Å². The largest absolute Gasteiger partial charge is 0.378 e. The van der Waals surface area contributed by atoms with Gasteiger partial charge in [-0.15, -0.1) is 0 Å². The molecule has 0 aromatic heterocycles. The van der Waals surface area contributed by atoms with Crippen molar-refractivity contribution in [3.8, 4) is 0 Å². The first-order valence-electron chi connectivity index (χ1n) is 7.68. The zero-order valence-electron chi connectivity index (χ0n) is 12.3. The highest BCUT2D eigenvalue weighted by atomic mass is 16.5. The highest BCUT2D eigenvalue weighted by Gasteiger charge is 2.26. The van der Waals surface area contributed by atoms with E-state index in [1.54, 1.807) is 0 Å². The molecule has 2 rings (SSSR count). The van der Waals surface area contributed by atoms with Crippen LogP contribution in [0.1, 0.15) is 38.7 Å². The fraction of sp³-hybridized carbons (Fsp3) is 0.647. The molecule has 1 aliphatic rings. The normalized spacial score (nSPS) is 24.5. The lowest BCUT2D eigenvalue weighted by molar-refractivity contribution is 0.0867. The van der Waals surface area contributed by atoms with E-state index in [2.05, 4.69) is 49.5 Å². The van der Waals surface area contributed by atoms with Gasteiger partial charge in [-0.25, -0.2) is 0 Å². The van der Waals surface area contributed by atoms with Crippen LogP contribution in [-0.2, 0) is 11.2 Å². The first kappa shape index (κ1) is 14.5. The average Bonchev–Trinajstić information content (AvgIpc) is 2.91. The Balaban J connectivity index is 1.66. The quantitative estimate of drug-likeness (QED) is 0.812. The molecule has 106 valence electrons. The molecular weight excluding hydrogens is 234 g/mol. The van der Waals surface area contributed by atoms with Gasteiger partial charge in [0.25, 0.3) is 0 Å². The van der Waals surface area contributed by atoms with E-state index in [-0.39, 0.29) is 0 Å². The number of hydrogen-bond donors (Lipinski definition) is 1. The maximum Gasteiger partial charge on any atom is 0.0613 e. The fourth-order valence-corrected chi connectivity index (χ4v) is 2.86. The summed E-state index contributed by atoms with van der Waals surface area (Å²) in [6, 6.07) is 11.3. The molecule has 0 radical (unpaired) electrons. The summed E-state index contributed by atoms with van der Waals surface area (Å²) in [7, 11) is 0. The number of nitrogens with one attached hydrogen (secondary N) is 1. The molecule has 1 saturated heterocycles. The van der Waals surface area contributed by atoms with Gasteiger partial charge in [0.2, 0.25) is 0 Å². The number of rotatable bonds is 7. The van der Waals surface area contributed by atoms with Crippen molar-refractivity contribution in [1.29, 1.82) is 0 Å². The van der Waals surface area contributed by atoms with Crippen LogP contribution in [0.5, 0.6) is 0 Å². The monoisotopic (exact) mass is 261 g/mol. The van der Waals surface area contributed by atoms with E-state index < -0.39 is 0 Å². The van der Waals surface area contributed by atoms with Gasteiger partial charge in [-0.05, 0) is 44.1 Å². The molecule has 1 fully saturated rings. The van der Waals surface area contributed by atoms with Crippen molar-refractivity contribution in [3.63, 3.8) is 0 Å². The first-order chi connectivity index (χ1) is 9.29. The summed E-state index contributed by atoms with van der Waals surface area (Å²) in [5.74, 6) is 0.712. The third-order valence-corrected chi connectivity index (χ3v) is 4.19. The standard InChI is InChI=1S/C17H27NO/c1-3-17-16(11-12-19-17)13-18-14(2)9-10-15-7-5-4-6-8-15/h4-8,14,16-18H,3,9-13H2,1-2H3. The molecular formula is C17H27NO. The molecule has 3 atom stereocenters. The first-order valence-corrected chi connectivity index (χ1v) is 7.68. The van der Waals surface area contributed by atoms with E-state index >= 15 is 0 Å². The SMILES string of the molecule is CCC1OCCC1CNC(C)CCc1ccccc1. The topological polar surface area (TPSA) is 21.3 Å². The van der Waals surface area contributed by atoms with Gasteiger partial charge in [0, 0.05) is 19.2 Å². The minimum atomic E-state index is 0.480. The van der Waals surface area contributed by atoms with Gasteiger partial charge in [0.05, 0.1) is 6.10 Å². The Labute approximate surface area is 117 Å². The van der Waals surface area contributed by atoms with Crippen LogP contribution in [0.25, 0.3) is 0 Å². The zero-order valence-corrected chi connectivity index (χ0v) is 12.3. The highest BCUT2D eigenvalue weighted by molar-refractivity contribution is 5.14. The maximum atomic E-state index is 5.74. The molecule has 19 heavy (non-hydrogen) atoms. The Hall–Kier alpha value is -0.860. The molecule has 1 heterocycles. The van der Waals surface area contributed by atoms with Crippen LogP contribution in [0.15, 0.2) is 30.3 Å². The molecule has 1 aromatic carbocycles. The third-order valence-electron chi connectivity index (χ3n) is 4.19. The van der Waals surface area contributed by atoms with Crippen molar-refractivity contribution in [3.05, 3.63) is 35.9 Å². The van der Waals surface area contributed by atoms with Gasteiger partial charge in [0.15, 0.2) is 0 Å². The van der Waals surface area contributed by atoms with Crippen LogP contribution in [0.2, 0.25) is 0 Å². The van der Waals surface area contributed by atoms with Crippen LogP contribution >= 0.6 is 0 Å². The van der Waals surface area contributed by atoms with Gasteiger partial charge < -0.3 is 10.1 Å². The van der Waals surface area contributed by atoms with Gasteiger partial charge in [-0.1, -0.05) is 37.3 Å². The van der Waals surface area contributed by atoms with E-state index in [9.17, 15) is 0 Å². The molecule has 2 nitrogen and oxygen atoms in total. The fourth-order valence-electron chi connectivity index (χ4n) is 2.86. The minimum Gasteiger partial charge on any atom is -0.378 e. The second-order valence-electron chi connectivity index (χ2n) is 5.70. The number of hydrogen-bond acceptors (Lipinski definition) is 2. The molecule has 0 bridgehead atoms. The van der Waals surface area contributed by atoms with E-state index in [0.717, 1.165) is 26.0 Å². The van der Waals surface area contributed by atoms with Crippen LogP contribution in [0, 0.1) is 5.92 Å². The van der Waals surface area contributed by atoms with Crippen molar-refractivity contribution < 1.29 is 4.74 Å². The Bertz CT molecular complexity index is 352. The van der Waals surface area contributed by atoms with Gasteiger partial charge >= 0.3 is 0 Å². The molecule has 0 spiro atoms. The lowest BCUT2D eigenvalue weighted by atomic mass is 9.99. The van der Waals surface area contributed by atoms with Crippen LogP contribution in [-0.4, -0.2) is 25.3 Å². The summed E-state index contributed by atoms with van der Waals surface area (Å²) in [5.41, 5.74) is 1.44. The lowest BCUT2D eigenvalue weighted by Crippen LogP contribution is -2.34. The van der Waals surface area contributed by atoms with E-state index in [0.29, 0.717) is 18.1 Å². The Kier molecular flexibility index (Phi) is 5.87. The Morgan fingerprint density at radius 1 is 1.32 bits per heavy atom. The molecule has 0 saturated carbocycles. The Morgan fingerprint density at radius 2 is 2.11 bits per heavy atom. The predicted molar refractivity (Wildman–Crippen MR) is 80.4 cm³/mol. The smallest absolute Gasteiger partial charge is 0.0613 e. The second-order valence-corrected chi connectivity index (χ2v) is 5.70. The molecule has 1 aromatic rings. The minimum absolute atomic E-state index is 0.480. The van der Waals surface area contributed by atoms with Crippen molar-refractivity contribution in [2.24, 2.45) is 5.92 Å². The zero-order chi connectivity index (χ0) is 13.5. The van der Waals surface area contributed by atoms with Crippen molar-refractivity contribution in [1.82, 2.24) is 5.32 Å². The number of ether oxygens (including phenoxy) is 1. The van der Waals surface area contributed by atoms with Gasteiger partial charge in [0.1, 0.15) is 0 Å². The summed E-state index contributed by atoms with van der Waals surface area (Å²) in [6.07, 6.45) is 5.21. The molecule has 1 aliphatic heterocycles. The summed E-state index contributed by atoms with van der Waals surface area (Å²) in [6.45, 7) is 6.57. The van der Waals surface area contributed by atoms with E-state index in [4.69, 9.17) is 4.74 Å². The number of aryl methyl sites for hydroxylation is 1. The average molecular weight is 261 g/mol. The molecule has 2 heteroatoms. The van der Waals surface area contributed by atoms with Gasteiger partial charge in [-0.3, -0.25) is 0 Å². The predicted octanol–water partition coefficient (Wildman–Crippen LogP) is 3.41. The molecule has 3 unspecified atom stereocenters. The summed E-state index contributed by atoms with van der Waals surface area (Å²) in [4.78, 5) is 0. The van der Waals surface area contributed by atoms with Crippen molar-refractivity contribution in [2.45, 2.75) is 51.7 Å². The summed E-state index contributed by atoms with van der Waals surface area (Å²) < 4.78 is 5.74. The van der Waals surface area contributed by atoms with Gasteiger partial charge in [-0.2, -0.15) is 0 Å². The molecule has 1 N–H and O–H groups in total. The summed E-state index contributed by atoms with van der Waals surface area (Å²) >= 11 is 0. The van der Waals surface area contributed by atoms with E-state index in [1.165, 1.54) is 18.4 Å². The van der Waals surface area contributed by atoms with Crippen molar-refractivity contribution in [2.75, 3.05) is 13.2 Å². The Morgan fingerprint density at radius 3 is 2.84 bits per heavy atom. The highest BCUT2D eigenvalue weighted by Crippen LogP contribution is 2.22. The second kappa shape index (κ2) is 7.66. The molecule has 0 aliphatic carbocycles. The van der Waals surface area contributed by atoms with E-state index in [1.807, 2.05) is 0 Å². The number of benzene rings is 1. The van der Waals surface area contributed by atoms with Crippen LogP contribution < -0.4 is 5.32 Å². The lowest BCUT2D eigenvalue weighted by Gasteiger charge is -2.20. The summed E-state index contributed by atoms with van der Waals surface area (Å²) in [5, 5.41) is 3.68. The van der Waals surface area contributed by atoms with Crippen molar-refractivity contribution >= 4 is 0 Å². The molecule has 0 amide bonds.